The number of nitrogens with zero attached hydrogens (tertiary/aromatic N) is 3. The molecule has 2 aromatic rings. The molecule has 1 N–H and O–H groups in total. The fourth-order valence-corrected chi connectivity index (χ4v) is 7.82. The van der Waals surface area contributed by atoms with Crippen molar-refractivity contribution in [3.05, 3.63) is 60.2 Å². The number of rotatable bonds is 18. The number of ketones is 4. The number of aromatic nitrogens is 2. The summed E-state index contributed by atoms with van der Waals surface area (Å²) in [6.45, 7) is 11.7. The van der Waals surface area contributed by atoms with Crippen molar-refractivity contribution < 1.29 is 28.8 Å². The van der Waals surface area contributed by atoms with Crippen LogP contribution in [0.25, 0.3) is 0 Å². The lowest BCUT2D eigenvalue weighted by molar-refractivity contribution is -0.144. The lowest BCUT2D eigenvalue weighted by Gasteiger charge is -2.33. The first kappa shape index (κ1) is 38.7. The van der Waals surface area contributed by atoms with Crippen LogP contribution >= 0.6 is 0 Å². The van der Waals surface area contributed by atoms with E-state index in [0.29, 0.717) is 19.4 Å². The molecule has 1 aliphatic heterocycles. The Bertz CT molecular complexity index is 1510. The zero-order valence-electron chi connectivity index (χ0n) is 30.5. The Balaban J connectivity index is 1.49. The van der Waals surface area contributed by atoms with Crippen molar-refractivity contribution in [2.24, 2.45) is 35.5 Å². The number of benzene rings is 1. The van der Waals surface area contributed by atoms with Gasteiger partial charge in [0.2, 0.25) is 17.6 Å². The number of hydrogen-bond acceptors (Lipinski definition) is 8. The fraction of sp³-hybridized carbons (Fsp3) is 0.600. The van der Waals surface area contributed by atoms with Crippen molar-refractivity contribution in [3.8, 4) is 0 Å². The van der Waals surface area contributed by atoms with Crippen LogP contribution in [0.4, 0.5) is 0 Å². The molecule has 10 heteroatoms. The average molecular weight is 687 g/mol. The third-order valence-electron chi connectivity index (χ3n) is 10.7. The standard InChI is InChI=1S/C40H54N4O6/c1-7-12-28(38(48)35(47)19-26(6)27-13-9-8-10-14-27)20-34(46)37-30-16-11-15-29(30)23-44(37)40(50)36(25(4)5)43-39(49)31(24(2)3)21-33(45)32-22-41-17-18-42-32/h8-10,13-14,17-18,22,24-26,28-31,36-37H,7,11-12,15-16,19-21,23H2,1-6H3,(H,43,49)/t26-,28?,29-,30-,31+,36-,37-/m0/s1. The van der Waals surface area contributed by atoms with Crippen LogP contribution in [0.15, 0.2) is 48.9 Å². The minimum atomic E-state index is -0.904. The number of hydrogen-bond donors (Lipinski definition) is 1. The van der Waals surface area contributed by atoms with Crippen LogP contribution in [-0.4, -0.2) is 68.4 Å². The van der Waals surface area contributed by atoms with Crippen LogP contribution in [0.3, 0.4) is 0 Å². The van der Waals surface area contributed by atoms with Crippen LogP contribution in [-0.2, 0) is 24.0 Å². The van der Waals surface area contributed by atoms with Crippen molar-refractivity contribution in [1.82, 2.24) is 20.2 Å². The highest BCUT2D eigenvalue weighted by Gasteiger charge is 2.51. The summed E-state index contributed by atoms with van der Waals surface area (Å²) in [4.78, 5) is 91.7. The van der Waals surface area contributed by atoms with Gasteiger partial charge >= 0.3 is 0 Å². The number of carbonyl (C=O) groups is 6. The minimum Gasteiger partial charge on any atom is -0.344 e. The first-order chi connectivity index (χ1) is 23.8. The molecule has 0 radical (unpaired) electrons. The minimum absolute atomic E-state index is 0.0193. The van der Waals surface area contributed by atoms with Gasteiger partial charge in [0.05, 0.1) is 12.2 Å². The summed E-state index contributed by atoms with van der Waals surface area (Å²) in [5, 5.41) is 2.95. The van der Waals surface area contributed by atoms with E-state index in [1.165, 1.54) is 18.6 Å². The topological polar surface area (TPSA) is 143 Å². The largest absolute Gasteiger partial charge is 0.344 e. The van der Waals surface area contributed by atoms with E-state index in [9.17, 15) is 28.8 Å². The highest BCUT2D eigenvalue weighted by molar-refractivity contribution is 6.38. The Morgan fingerprint density at radius 1 is 0.900 bits per heavy atom. The van der Waals surface area contributed by atoms with Crippen LogP contribution in [0.1, 0.15) is 115 Å². The molecule has 270 valence electrons. The van der Waals surface area contributed by atoms with Gasteiger partial charge in [-0.05, 0) is 54.4 Å². The predicted molar refractivity (Wildman–Crippen MR) is 190 cm³/mol. The van der Waals surface area contributed by atoms with Gasteiger partial charge in [-0.1, -0.05) is 84.7 Å². The predicted octanol–water partition coefficient (Wildman–Crippen LogP) is 5.80. The van der Waals surface area contributed by atoms with E-state index in [-0.39, 0.29) is 72.0 Å². The molecule has 2 heterocycles. The summed E-state index contributed by atoms with van der Waals surface area (Å²) in [6.07, 6.45) is 7.93. The Hall–Kier alpha value is -4.08. The summed E-state index contributed by atoms with van der Waals surface area (Å²) in [7, 11) is 0. The van der Waals surface area contributed by atoms with Gasteiger partial charge in [-0.3, -0.25) is 33.8 Å². The molecule has 1 unspecified atom stereocenters. The lowest BCUT2D eigenvalue weighted by atomic mass is 9.83. The molecule has 4 rings (SSSR count). The first-order valence-electron chi connectivity index (χ1n) is 18.4. The van der Waals surface area contributed by atoms with Crippen LogP contribution < -0.4 is 5.32 Å². The first-order valence-corrected chi connectivity index (χ1v) is 18.4. The number of amides is 2. The summed E-state index contributed by atoms with van der Waals surface area (Å²) in [5.74, 6) is -4.09. The van der Waals surface area contributed by atoms with Gasteiger partial charge < -0.3 is 10.2 Å². The maximum atomic E-state index is 14.4. The third-order valence-corrected chi connectivity index (χ3v) is 10.7. The van der Waals surface area contributed by atoms with Crippen molar-refractivity contribution in [2.45, 2.75) is 111 Å². The van der Waals surface area contributed by atoms with Crippen LogP contribution in [0.2, 0.25) is 0 Å². The van der Waals surface area contributed by atoms with Gasteiger partial charge in [-0.2, -0.15) is 0 Å². The molecule has 0 spiro atoms. The van der Waals surface area contributed by atoms with Gasteiger partial charge in [0.15, 0.2) is 17.3 Å². The Kier molecular flexibility index (Phi) is 13.7. The Morgan fingerprint density at radius 3 is 2.24 bits per heavy atom. The molecule has 1 saturated heterocycles. The zero-order chi connectivity index (χ0) is 36.5. The molecule has 2 aliphatic rings. The van der Waals surface area contributed by atoms with Crippen molar-refractivity contribution in [1.29, 1.82) is 0 Å². The molecule has 1 saturated carbocycles. The van der Waals surface area contributed by atoms with E-state index >= 15 is 0 Å². The maximum absolute atomic E-state index is 14.4. The van der Waals surface area contributed by atoms with E-state index in [1.54, 1.807) is 4.90 Å². The summed E-state index contributed by atoms with van der Waals surface area (Å²) in [6, 6.07) is 7.98. The third kappa shape index (κ3) is 9.37. The highest BCUT2D eigenvalue weighted by atomic mass is 16.2. The number of Topliss-reactive ketones (excluding diaryl/α,β-unsaturated/α-hetero) is 4. The molecule has 2 fully saturated rings. The van der Waals surface area contributed by atoms with E-state index in [0.717, 1.165) is 24.8 Å². The maximum Gasteiger partial charge on any atom is 0.246 e. The number of fused-ring (bicyclic) bond motifs is 1. The van der Waals surface area contributed by atoms with Gasteiger partial charge in [0.1, 0.15) is 11.7 Å². The van der Waals surface area contributed by atoms with Gasteiger partial charge in [-0.15, -0.1) is 0 Å². The summed E-state index contributed by atoms with van der Waals surface area (Å²) in [5.41, 5.74) is 1.16. The van der Waals surface area contributed by atoms with E-state index < -0.39 is 41.4 Å². The van der Waals surface area contributed by atoms with E-state index in [4.69, 9.17) is 0 Å². The molecular weight excluding hydrogens is 632 g/mol. The fourth-order valence-electron chi connectivity index (χ4n) is 7.82. The second kappa shape index (κ2) is 17.7. The van der Waals surface area contributed by atoms with E-state index in [2.05, 4.69) is 15.3 Å². The molecule has 50 heavy (non-hydrogen) atoms. The summed E-state index contributed by atoms with van der Waals surface area (Å²) >= 11 is 0. The van der Waals surface area contributed by atoms with Gasteiger partial charge in [0, 0.05) is 50.0 Å². The highest BCUT2D eigenvalue weighted by Crippen LogP contribution is 2.43. The molecule has 1 aromatic carbocycles. The van der Waals surface area contributed by atoms with Crippen molar-refractivity contribution in [2.75, 3.05) is 6.54 Å². The second-order valence-electron chi connectivity index (χ2n) is 15.0. The molecule has 10 nitrogen and oxygen atoms in total. The molecule has 7 atom stereocenters. The number of likely N-dealkylation sites (tertiary alicyclic amines) is 1. The van der Waals surface area contributed by atoms with Gasteiger partial charge in [-0.25, -0.2) is 4.98 Å². The zero-order valence-corrected chi connectivity index (χ0v) is 30.5. The average Bonchev–Trinajstić information content (AvgIpc) is 3.71. The van der Waals surface area contributed by atoms with Crippen LogP contribution in [0, 0.1) is 35.5 Å². The molecule has 1 aromatic heterocycles. The smallest absolute Gasteiger partial charge is 0.246 e. The Labute approximate surface area is 296 Å². The molecule has 2 amide bonds. The SMILES string of the molecule is CCCC(CC(=O)[C@@H]1[C@H]2CCC[C@H]2CN1C(=O)[C@@H](NC(=O)[C@H](CC(=O)c1cnccn1)C(C)C)C(C)C)C(=O)C(=O)C[C@H](C)c1ccccc1. The normalized spacial score (nSPS) is 21.0. The molecule has 0 bridgehead atoms. The monoisotopic (exact) mass is 686 g/mol. The Morgan fingerprint density at radius 2 is 1.62 bits per heavy atom. The quantitative estimate of drug-likeness (QED) is 0.153. The lowest BCUT2D eigenvalue weighted by Crippen LogP contribution is -2.56. The second-order valence-corrected chi connectivity index (χ2v) is 15.0. The molecular formula is C40H54N4O6. The van der Waals surface area contributed by atoms with Gasteiger partial charge in [0.25, 0.3) is 0 Å². The number of carbonyl (C=O) groups excluding carboxylic acids is 6. The van der Waals surface area contributed by atoms with Crippen LogP contribution in [0.5, 0.6) is 0 Å². The molecule has 1 aliphatic carbocycles. The van der Waals surface area contributed by atoms with E-state index in [1.807, 2.05) is 71.9 Å². The van der Waals surface area contributed by atoms with Crippen molar-refractivity contribution in [3.63, 3.8) is 0 Å². The summed E-state index contributed by atoms with van der Waals surface area (Å²) < 4.78 is 0. The van der Waals surface area contributed by atoms with Crippen molar-refractivity contribution >= 4 is 34.9 Å². The number of nitrogens with one attached hydrogen (secondary N) is 1.